The molecular formula is C12H18N2O3. The molecule has 2 rings (SSSR count). The molecule has 0 spiro atoms. The Morgan fingerprint density at radius 2 is 2.06 bits per heavy atom. The van der Waals surface area contributed by atoms with Gasteiger partial charge >= 0.3 is 5.97 Å². The SMILES string of the molecule is O=C(O)CCCc1nnc(C2CCCCC2)o1. The van der Waals surface area contributed by atoms with Crippen LogP contribution in [-0.4, -0.2) is 21.3 Å². The number of aliphatic carboxylic acids is 1. The Balaban J connectivity index is 1.84. The van der Waals surface area contributed by atoms with E-state index in [0.717, 1.165) is 18.7 Å². The van der Waals surface area contributed by atoms with E-state index in [2.05, 4.69) is 10.2 Å². The third-order valence-corrected chi connectivity index (χ3v) is 3.22. The second-order valence-electron chi connectivity index (χ2n) is 4.62. The maximum Gasteiger partial charge on any atom is 0.303 e. The Hall–Kier alpha value is -1.39. The molecule has 1 aromatic heterocycles. The number of aryl methyl sites for hydroxylation is 1. The van der Waals surface area contributed by atoms with Crippen molar-refractivity contribution in [3.8, 4) is 0 Å². The molecule has 0 unspecified atom stereocenters. The average Bonchev–Trinajstić information content (AvgIpc) is 2.78. The van der Waals surface area contributed by atoms with Crippen molar-refractivity contribution < 1.29 is 14.3 Å². The standard InChI is InChI=1S/C12H18N2O3/c15-11(16)8-4-7-10-13-14-12(17-10)9-5-2-1-3-6-9/h9H,1-8H2,(H,15,16). The van der Waals surface area contributed by atoms with Crippen LogP contribution in [0.3, 0.4) is 0 Å². The molecule has 1 saturated carbocycles. The summed E-state index contributed by atoms with van der Waals surface area (Å²) in [5, 5.41) is 16.6. The van der Waals surface area contributed by atoms with Gasteiger partial charge in [0.25, 0.3) is 0 Å². The third kappa shape index (κ3) is 3.54. The first-order chi connectivity index (χ1) is 8.25. The van der Waals surface area contributed by atoms with Gasteiger partial charge < -0.3 is 9.52 Å². The number of nitrogens with zero attached hydrogens (tertiary/aromatic N) is 2. The van der Waals surface area contributed by atoms with E-state index in [9.17, 15) is 4.79 Å². The fourth-order valence-electron chi connectivity index (χ4n) is 2.27. The van der Waals surface area contributed by atoms with E-state index in [1.165, 1.54) is 19.3 Å². The summed E-state index contributed by atoms with van der Waals surface area (Å²) in [5.74, 6) is 0.961. The molecule has 5 nitrogen and oxygen atoms in total. The zero-order valence-corrected chi connectivity index (χ0v) is 9.89. The maximum absolute atomic E-state index is 10.4. The molecule has 94 valence electrons. The normalized spacial score (nSPS) is 17.2. The van der Waals surface area contributed by atoms with Crippen LogP contribution in [0.2, 0.25) is 0 Å². The summed E-state index contributed by atoms with van der Waals surface area (Å²) < 4.78 is 5.59. The van der Waals surface area contributed by atoms with Crippen molar-refractivity contribution in [2.75, 3.05) is 0 Å². The molecule has 1 aromatic rings. The van der Waals surface area contributed by atoms with E-state index in [0.29, 0.717) is 24.7 Å². The van der Waals surface area contributed by atoms with Crippen molar-refractivity contribution in [2.45, 2.75) is 57.3 Å². The van der Waals surface area contributed by atoms with Gasteiger partial charge in [-0.15, -0.1) is 10.2 Å². The summed E-state index contributed by atoms with van der Waals surface area (Å²) in [4.78, 5) is 10.4. The summed E-state index contributed by atoms with van der Waals surface area (Å²) >= 11 is 0. The van der Waals surface area contributed by atoms with Crippen LogP contribution in [0.1, 0.15) is 62.6 Å². The molecule has 1 fully saturated rings. The van der Waals surface area contributed by atoms with Gasteiger partial charge in [-0.25, -0.2) is 0 Å². The predicted molar refractivity (Wildman–Crippen MR) is 60.7 cm³/mol. The largest absolute Gasteiger partial charge is 0.481 e. The highest BCUT2D eigenvalue weighted by Gasteiger charge is 2.21. The number of hydrogen-bond acceptors (Lipinski definition) is 4. The van der Waals surface area contributed by atoms with Crippen molar-refractivity contribution >= 4 is 5.97 Å². The lowest BCUT2D eigenvalue weighted by molar-refractivity contribution is -0.137. The van der Waals surface area contributed by atoms with E-state index < -0.39 is 5.97 Å². The zero-order chi connectivity index (χ0) is 12.1. The van der Waals surface area contributed by atoms with Crippen LogP contribution in [0, 0.1) is 0 Å². The summed E-state index contributed by atoms with van der Waals surface area (Å²) in [6.07, 6.45) is 7.32. The molecule has 1 N–H and O–H groups in total. The zero-order valence-electron chi connectivity index (χ0n) is 9.89. The van der Waals surface area contributed by atoms with Crippen LogP contribution < -0.4 is 0 Å². The van der Waals surface area contributed by atoms with Crippen LogP contribution in [0.4, 0.5) is 0 Å². The molecule has 0 bridgehead atoms. The van der Waals surface area contributed by atoms with Crippen LogP contribution in [0.15, 0.2) is 4.42 Å². The number of aromatic nitrogens is 2. The molecule has 17 heavy (non-hydrogen) atoms. The summed E-state index contributed by atoms with van der Waals surface area (Å²) in [6, 6.07) is 0. The van der Waals surface area contributed by atoms with Gasteiger partial charge in [0, 0.05) is 18.8 Å². The van der Waals surface area contributed by atoms with Crippen molar-refractivity contribution in [3.05, 3.63) is 11.8 Å². The summed E-state index contributed by atoms with van der Waals surface area (Å²) in [6.45, 7) is 0. The predicted octanol–water partition coefficient (Wildman–Crippen LogP) is 2.52. The monoisotopic (exact) mass is 238 g/mol. The van der Waals surface area contributed by atoms with Gasteiger partial charge in [-0.05, 0) is 19.3 Å². The lowest BCUT2D eigenvalue weighted by Gasteiger charge is -2.17. The Bertz CT molecular complexity index is 370. The highest BCUT2D eigenvalue weighted by molar-refractivity contribution is 5.66. The molecule has 0 aliphatic heterocycles. The van der Waals surface area contributed by atoms with E-state index in [1.54, 1.807) is 0 Å². The smallest absolute Gasteiger partial charge is 0.303 e. The molecule has 0 amide bonds. The molecule has 1 heterocycles. The molecule has 0 aromatic carbocycles. The Morgan fingerprint density at radius 3 is 2.76 bits per heavy atom. The van der Waals surface area contributed by atoms with Gasteiger partial charge in [-0.1, -0.05) is 19.3 Å². The number of rotatable bonds is 5. The van der Waals surface area contributed by atoms with Crippen molar-refractivity contribution in [1.82, 2.24) is 10.2 Å². The van der Waals surface area contributed by atoms with E-state index in [1.807, 2.05) is 0 Å². The first-order valence-electron chi connectivity index (χ1n) is 6.30. The van der Waals surface area contributed by atoms with Gasteiger partial charge in [0.05, 0.1) is 0 Å². The van der Waals surface area contributed by atoms with Crippen molar-refractivity contribution in [2.24, 2.45) is 0 Å². The van der Waals surface area contributed by atoms with Gasteiger partial charge in [-0.2, -0.15) is 0 Å². The Morgan fingerprint density at radius 1 is 1.29 bits per heavy atom. The summed E-state index contributed by atoms with van der Waals surface area (Å²) in [7, 11) is 0. The van der Waals surface area contributed by atoms with Crippen LogP contribution in [0.25, 0.3) is 0 Å². The van der Waals surface area contributed by atoms with E-state index >= 15 is 0 Å². The van der Waals surface area contributed by atoms with Gasteiger partial charge in [0.15, 0.2) is 0 Å². The Labute approximate surface area is 100 Å². The van der Waals surface area contributed by atoms with E-state index in [-0.39, 0.29) is 6.42 Å². The minimum Gasteiger partial charge on any atom is -0.481 e. The second-order valence-corrected chi connectivity index (χ2v) is 4.62. The minimum atomic E-state index is -0.781. The number of carboxylic acid groups (broad SMARTS) is 1. The Kier molecular flexibility index (Phi) is 4.12. The quantitative estimate of drug-likeness (QED) is 0.852. The highest BCUT2D eigenvalue weighted by atomic mass is 16.4. The van der Waals surface area contributed by atoms with Crippen LogP contribution in [-0.2, 0) is 11.2 Å². The topological polar surface area (TPSA) is 76.2 Å². The highest BCUT2D eigenvalue weighted by Crippen LogP contribution is 2.31. The molecule has 1 aliphatic carbocycles. The molecule has 0 atom stereocenters. The maximum atomic E-state index is 10.4. The van der Waals surface area contributed by atoms with Crippen molar-refractivity contribution in [3.63, 3.8) is 0 Å². The molecule has 0 radical (unpaired) electrons. The summed E-state index contributed by atoms with van der Waals surface area (Å²) in [5.41, 5.74) is 0. The lowest BCUT2D eigenvalue weighted by atomic mass is 9.89. The first-order valence-corrected chi connectivity index (χ1v) is 6.30. The molecule has 1 aliphatic rings. The molecule has 0 saturated heterocycles. The third-order valence-electron chi connectivity index (χ3n) is 3.22. The average molecular weight is 238 g/mol. The second kappa shape index (κ2) is 5.80. The van der Waals surface area contributed by atoms with E-state index in [4.69, 9.17) is 9.52 Å². The number of hydrogen-bond donors (Lipinski definition) is 1. The molecule has 5 heteroatoms. The fourth-order valence-corrected chi connectivity index (χ4v) is 2.27. The van der Waals surface area contributed by atoms with Gasteiger partial charge in [0.1, 0.15) is 0 Å². The van der Waals surface area contributed by atoms with Crippen molar-refractivity contribution in [1.29, 1.82) is 0 Å². The fraction of sp³-hybridized carbons (Fsp3) is 0.750. The number of carboxylic acids is 1. The van der Waals surface area contributed by atoms with Gasteiger partial charge in [-0.3, -0.25) is 4.79 Å². The number of carbonyl (C=O) groups is 1. The molecular weight excluding hydrogens is 220 g/mol. The van der Waals surface area contributed by atoms with Crippen LogP contribution >= 0.6 is 0 Å². The first kappa shape index (κ1) is 12.1. The van der Waals surface area contributed by atoms with Gasteiger partial charge in [0.2, 0.25) is 11.8 Å². The lowest BCUT2D eigenvalue weighted by Crippen LogP contribution is -2.04. The van der Waals surface area contributed by atoms with Crippen LogP contribution in [0.5, 0.6) is 0 Å². The minimum absolute atomic E-state index is 0.154.